The summed E-state index contributed by atoms with van der Waals surface area (Å²) in [5, 5.41) is 5.34. The van der Waals surface area contributed by atoms with Gasteiger partial charge >= 0.3 is 0 Å². The minimum Gasteiger partial charge on any atom is -0.335 e. The highest BCUT2D eigenvalue weighted by Crippen LogP contribution is 2.26. The predicted octanol–water partition coefficient (Wildman–Crippen LogP) is 3.67. The van der Waals surface area contributed by atoms with E-state index >= 15 is 0 Å². The number of aryl methyl sites for hydroxylation is 1. The summed E-state index contributed by atoms with van der Waals surface area (Å²) >= 11 is 0. The van der Waals surface area contributed by atoms with E-state index in [1.165, 1.54) is 0 Å². The molecule has 1 aliphatic heterocycles. The molecular weight excluding hydrogens is 362 g/mol. The van der Waals surface area contributed by atoms with Crippen LogP contribution in [0.15, 0.2) is 42.7 Å². The first-order valence-corrected chi connectivity index (χ1v) is 10.5. The highest BCUT2D eigenvalue weighted by atomic mass is 16.2. The molecule has 0 N–H and O–H groups in total. The van der Waals surface area contributed by atoms with Gasteiger partial charge in [-0.1, -0.05) is 25.1 Å². The lowest BCUT2D eigenvalue weighted by molar-refractivity contribution is 0.0698. The summed E-state index contributed by atoms with van der Waals surface area (Å²) in [7, 11) is 2.12. The molecule has 1 saturated heterocycles. The molecule has 152 valence electrons. The Morgan fingerprint density at radius 3 is 2.90 bits per heavy atom. The first kappa shape index (κ1) is 19.6. The molecule has 0 radical (unpaired) electrons. The highest BCUT2D eigenvalue weighted by Gasteiger charge is 2.26. The van der Waals surface area contributed by atoms with Crippen LogP contribution < -0.4 is 0 Å². The van der Waals surface area contributed by atoms with Crippen LogP contribution in [0, 0.1) is 0 Å². The summed E-state index contributed by atoms with van der Waals surface area (Å²) in [5.41, 5.74) is 3.32. The molecule has 0 unspecified atom stereocenters. The van der Waals surface area contributed by atoms with E-state index in [1.807, 2.05) is 52.3 Å². The second kappa shape index (κ2) is 8.33. The first-order chi connectivity index (χ1) is 14.1. The Kier molecular flexibility index (Phi) is 5.62. The number of rotatable bonds is 4. The number of likely N-dealkylation sites (N-methyl/N-ethyl adjacent to an activating group) is 1. The smallest absolute Gasteiger partial charge is 0.254 e. The van der Waals surface area contributed by atoms with Gasteiger partial charge in [-0.05, 0) is 45.5 Å². The van der Waals surface area contributed by atoms with E-state index < -0.39 is 0 Å². The topological polar surface area (TPSA) is 54.3 Å². The maximum atomic E-state index is 13.6. The van der Waals surface area contributed by atoms with Crippen molar-refractivity contribution in [1.82, 2.24) is 24.6 Å². The van der Waals surface area contributed by atoms with Crippen molar-refractivity contribution in [3.63, 3.8) is 0 Å². The zero-order valence-corrected chi connectivity index (χ0v) is 17.5. The van der Waals surface area contributed by atoms with Crippen LogP contribution in [0.2, 0.25) is 0 Å². The van der Waals surface area contributed by atoms with Crippen LogP contribution in [-0.4, -0.2) is 63.2 Å². The number of aromatic nitrogens is 3. The molecule has 1 aliphatic rings. The number of para-hydroxylation sites is 1. The largest absolute Gasteiger partial charge is 0.335 e. The molecule has 2 aromatic heterocycles. The lowest BCUT2D eigenvalue weighted by Gasteiger charge is -2.28. The number of fused-ring (bicyclic) bond motifs is 1. The molecule has 6 heteroatoms. The number of carbonyl (C=O) groups excluding carboxylic acids is 1. The molecule has 1 atom stereocenters. The van der Waals surface area contributed by atoms with E-state index in [9.17, 15) is 4.79 Å². The van der Waals surface area contributed by atoms with Crippen molar-refractivity contribution < 1.29 is 4.79 Å². The number of hydrogen-bond donors (Lipinski definition) is 0. The molecular formula is C23H29N5O. The Bertz CT molecular complexity index is 1010. The number of pyridine rings is 1. The van der Waals surface area contributed by atoms with Gasteiger partial charge in [0, 0.05) is 42.8 Å². The van der Waals surface area contributed by atoms with E-state index in [1.54, 1.807) is 0 Å². The van der Waals surface area contributed by atoms with E-state index in [-0.39, 0.29) is 11.9 Å². The van der Waals surface area contributed by atoms with Crippen molar-refractivity contribution in [2.75, 3.05) is 26.7 Å². The van der Waals surface area contributed by atoms with Crippen molar-refractivity contribution in [2.24, 2.45) is 0 Å². The third-order valence-corrected chi connectivity index (χ3v) is 5.64. The summed E-state index contributed by atoms with van der Waals surface area (Å²) in [4.78, 5) is 22.8. The standard InChI is InChI=1S/C23H29N5O/c1-4-10-27-16-18(14-24-27)22-13-20(19-8-5-6-9-21(19)25-22)23(29)28-12-7-11-26(3)15-17(28)2/h5-6,8-9,13-14,16-17H,4,7,10-12,15H2,1-3H3/t17-/m0/s1. The molecule has 1 fully saturated rings. The number of nitrogens with zero attached hydrogens (tertiary/aromatic N) is 5. The van der Waals surface area contributed by atoms with Gasteiger partial charge < -0.3 is 9.80 Å². The predicted molar refractivity (Wildman–Crippen MR) is 116 cm³/mol. The van der Waals surface area contributed by atoms with Gasteiger partial charge in [-0.3, -0.25) is 9.48 Å². The first-order valence-electron chi connectivity index (χ1n) is 10.5. The normalized spacial score (nSPS) is 18.2. The second-order valence-corrected chi connectivity index (χ2v) is 8.03. The van der Waals surface area contributed by atoms with Crippen LogP contribution in [0.3, 0.4) is 0 Å². The van der Waals surface area contributed by atoms with Gasteiger partial charge in [0.15, 0.2) is 0 Å². The minimum atomic E-state index is 0.0913. The van der Waals surface area contributed by atoms with Crippen LogP contribution in [0.5, 0.6) is 0 Å². The van der Waals surface area contributed by atoms with Gasteiger partial charge in [-0.15, -0.1) is 0 Å². The van der Waals surface area contributed by atoms with Crippen molar-refractivity contribution in [2.45, 2.75) is 39.3 Å². The lowest BCUT2D eigenvalue weighted by Crippen LogP contribution is -2.42. The molecule has 0 bridgehead atoms. The Balaban J connectivity index is 1.77. The van der Waals surface area contributed by atoms with Crippen LogP contribution in [0.1, 0.15) is 37.0 Å². The fraction of sp³-hybridized carbons (Fsp3) is 0.435. The van der Waals surface area contributed by atoms with Crippen molar-refractivity contribution >= 4 is 16.8 Å². The molecule has 1 aromatic carbocycles. The van der Waals surface area contributed by atoms with Crippen molar-refractivity contribution in [3.8, 4) is 11.3 Å². The Labute approximate surface area is 172 Å². The van der Waals surface area contributed by atoms with Crippen LogP contribution in [-0.2, 0) is 6.54 Å². The molecule has 29 heavy (non-hydrogen) atoms. The Morgan fingerprint density at radius 1 is 1.24 bits per heavy atom. The fourth-order valence-corrected chi connectivity index (χ4v) is 4.18. The molecule has 3 heterocycles. The fourth-order valence-electron chi connectivity index (χ4n) is 4.18. The summed E-state index contributed by atoms with van der Waals surface area (Å²) in [6.07, 6.45) is 5.87. The van der Waals surface area contributed by atoms with Crippen molar-refractivity contribution in [3.05, 3.63) is 48.3 Å². The lowest BCUT2D eigenvalue weighted by atomic mass is 10.0. The van der Waals surface area contributed by atoms with Gasteiger partial charge in [-0.2, -0.15) is 5.10 Å². The molecule has 6 nitrogen and oxygen atoms in total. The molecule has 0 aliphatic carbocycles. The molecule has 0 spiro atoms. The average molecular weight is 392 g/mol. The minimum absolute atomic E-state index is 0.0913. The van der Waals surface area contributed by atoms with Gasteiger partial charge in [0.05, 0.1) is 23.0 Å². The average Bonchev–Trinajstić information content (AvgIpc) is 3.11. The van der Waals surface area contributed by atoms with Crippen LogP contribution in [0.25, 0.3) is 22.2 Å². The van der Waals surface area contributed by atoms with Gasteiger partial charge in [0.1, 0.15) is 0 Å². The molecule has 3 aromatic rings. The quantitative estimate of drug-likeness (QED) is 0.681. The third kappa shape index (κ3) is 4.03. The Morgan fingerprint density at radius 2 is 2.07 bits per heavy atom. The zero-order chi connectivity index (χ0) is 20.4. The van der Waals surface area contributed by atoms with Crippen LogP contribution in [0.4, 0.5) is 0 Å². The number of benzene rings is 1. The SMILES string of the molecule is CCCn1cc(-c2cc(C(=O)N3CCCN(C)C[C@@H]3C)c3ccccc3n2)cn1. The number of hydrogen-bond acceptors (Lipinski definition) is 4. The Hall–Kier alpha value is -2.73. The molecule has 1 amide bonds. The summed E-state index contributed by atoms with van der Waals surface area (Å²) < 4.78 is 1.93. The van der Waals surface area contributed by atoms with E-state index in [2.05, 4.69) is 30.9 Å². The maximum Gasteiger partial charge on any atom is 0.254 e. The second-order valence-electron chi connectivity index (χ2n) is 8.03. The number of carbonyl (C=O) groups is 1. The van der Waals surface area contributed by atoms with Gasteiger partial charge in [0.2, 0.25) is 0 Å². The molecule has 0 saturated carbocycles. The van der Waals surface area contributed by atoms with E-state index in [0.717, 1.165) is 66.7 Å². The van der Waals surface area contributed by atoms with Crippen molar-refractivity contribution in [1.29, 1.82) is 0 Å². The van der Waals surface area contributed by atoms with Gasteiger partial charge in [0.25, 0.3) is 5.91 Å². The monoisotopic (exact) mass is 391 g/mol. The van der Waals surface area contributed by atoms with Gasteiger partial charge in [-0.25, -0.2) is 4.98 Å². The summed E-state index contributed by atoms with van der Waals surface area (Å²) in [5.74, 6) is 0.0913. The summed E-state index contributed by atoms with van der Waals surface area (Å²) in [6, 6.07) is 10.0. The zero-order valence-electron chi connectivity index (χ0n) is 17.5. The summed E-state index contributed by atoms with van der Waals surface area (Å²) in [6.45, 7) is 7.84. The highest BCUT2D eigenvalue weighted by molar-refractivity contribution is 6.07. The van der Waals surface area contributed by atoms with Crippen LogP contribution >= 0.6 is 0 Å². The number of amides is 1. The molecule has 4 rings (SSSR count). The van der Waals surface area contributed by atoms with E-state index in [0.29, 0.717) is 0 Å². The van der Waals surface area contributed by atoms with E-state index in [4.69, 9.17) is 4.98 Å². The maximum absolute atomic E-state index is 13.6. The third-order valence-electron chi connectivity index (χ3n) is 5.64.